The van der Waals surface area contributed by atoms with E-state index < -0.39 is 11.9 Å². The van der Waals surface area contributed by atoms with Gasteiger partial charge in [-0.2, -0.15) is 13.2 Å². The molecule has 0 spiro atoms. The van der Waals surface area contributed by atoms with E-state index in [4.69, 9.17) is 23.2 Å². The van der Waals surface area contributed by atoms with Gasteiger partial charge in [0.15, 0.2) is 0 Å². The molecule has 114 valence electrons. The van der Waals surface area contributed by atoms with Gasteiger partial charge in [0.05, 0.1) is 16.6 Å². The molecule has 0 saturated carbocycles. The standard InChI is InChI=1S/C15H9Cl2F3N2/c16-12-4-3-10(8-13(12)17)2-1-6-21-11-5-7-22-14(9-11)15(18,19)20/h3-5,7-9H,6H2,(H,21,22). The van der Waals surface area contributed by atoms with Gasteiger partial charge < -0.3 is 5.32 Å². The Kier molecular flexibility index (Phi) is 5.17. The highest BCUT2D eigenvalue weighted by Gasteiger charge is 2.32. The molecular formula is C15H9Cl2F3N2. The molecule has 2 nitrogen and oxygen atoms in total. The predicted octanol–water partition coefficient (Wildman–Crippen LogP) is 4.87. The molecule has 0 radical (unpaired) electrons. The van der Waals surface area contributed by atoms with Crippen molar-refractivity contribution in [2.45, 2.75) is 6.18 Å². The van der Waals surface area contributed by atoms with Crippen molar-refractivity contribution in [3.05, 3.63) is 57.8 Å². The van der Waals surface area contributed by atoms with E-state index in [0.29, 0.717) is 21.3 Å². The average Bonchev–Trinajstić information content (AvgIpc) is 2.47. The van der Waals surface area contributed by atoms with Crippen molar-refractivity contribution < 1.29 is 13.2 Å². The van der Waals surface area contributed by atoms with E-state index in [-0.39, 0.29) is 6.54 Å². The lowest BCUT2D eigenvalue weighted by Gasteiger charge is -2.07. The lowest BCUT2D eigenvalue weighted by atomic mass is 10.2. The third kappa shape index (κ3) is 4.55. The van der Waals surface area contributed by atoms with Gasteiger partial charge in [0.2, 0.25) is 0 Å². The third-order valence-electron chi connectivity index (χ3n) is 2.58. The minimum absolute atomic E-state index is 0.182. The molecule has 1 heterocycles. The van der Waals surface area contributed by atoms with Crippen LogP contribution in [0.3, 0.4) is 0 Å². The Morgan fingerprint density at radius 1 is 1.09 bits per heavy atom. The van der Waals surface area contributed by atoms with Crippen LogP contribution >= 0.6 is 23.2 Å². The number of aromatic nitrogens is 1. The van der Waals surface area contributed by atoms with E-state index in [0.717, 1.165) is 12.3 Å². The van der Waals surface area contributed by atoms with Crippen LogP contribution in [-0.2, 0) is 6.18 Å². The quantitative estimate of drug-likeness (QED) is 0.786. The summed E-state index contributed by atoms with van der Waals surface area (Å²) in [5, 5.41) is 3.61. The zero-order valence-corrected chi connectivity index (χ0v) is 12.5. The molecule has 1 N–H and O–H groups in total. The minimum Gasteiger partial charge on any atom is -0.374 e. The van der Waals surface area contributed by atoms with Gasteiger partial charge in [-0.1, -0.05) is 35.0 Å². The first-order chi connectivity index (χ1) is 10.4. The van der Waals surface area contributed by atoms with Crippen LogP contribution in [-0.4, -0.2) is 11.5 Å². The second-order valence-electron chi connectivity index (χ2n) is 4.21. The summed E-state index contributed by atoms with van der Waals surface area (Å²) in [5.74, 6) is 5.62. The maximum atomic E-state index is 12.5. The van der Waals surface area contributed by atoms with Gasteiger partial charge in [-0.25, -0.2) is 0 Å². The van der Waals surface area contributed by atoms with E-state index in [1.807, 2.05) is 0 Å². The molecule has 7 heteroatoms. The van der Waals surface area contributed by atoms with Crippen LogP contribution in [0.2, 0.25) is 10.0 Å². The maximum absolute atomic E-state index is 12.5. The molecule has 0 saturated heterocycles. The molecule has 2 rings (SSSR count). The number of anilines is 1. The lowest BCUT2D eigenvalue weighted by Crippen LogP contribution is -2.09. The van der Waals surface area contributed by atoms with Gasteiger partial charge in [0, 0.05) is 17.4 Å². The van der Waals surface area contributed by atoms with Gasteiger partial charge in [0.1, 0.15) is 5.69 Å². The normalized spacial score (nSPS) is 10.8. The third-order valence-corrected chi connectivity index (χ3v) is 3.32. The number of rotatable bonds is 2. The fourth-order valence-corrected chi connectivity index (χ4v) is 1.86. The fraction of sp³-hybridized carbons (Fsp3) is 0.133. The number of halogens is 5. The van der Waals surface area contributed by atoms with Crippen LogP contribution in [0.5, 0.6) is 0 Å². The number of pyridine rings is 1. The highest BCUT2D eigenvalue weighted by atomic mass is 35.5. The lowest BCUT2D eigenvalue weighted by molar-refractivity contribution is -0.141. The van der Waals surface area contributed by atoms with E-state index in [1.165, 1.54) is 6.07 Å². The van der Waals surface area contributed by atoms with Gasteiger partial charge in [-0.05, 0) is 30.3 Å². The van der Waals surface area contributed by atoms with E-state index in [9.17, 15) is 13.2 Å². The average molecular weight is 345 g/mol. The molecule has 0 atom stereocenters. The molecular weight excluding hydrogens is 336 g/mol. The number of hydrogen-bond donors (Lipinski definition) is 1. The molecule has 0 aliphatic rings. The molecule has 0 aliphatic heterocycles. The van der Waals surface area contributed by atoms with Gasteiger partial charge >= 0.3 is 6.18 Å². The van der Waals surface area contributed by atoms with Gasteiger partial charge in [0.25, 0.3) is 0 Å². The van der Waals surface area contributed by atoms with Crippen LogP contribution < -0.4 is 5.32 Å². The van der Waals surface area contributed by atoms with E-state index in [2.05, 4.69) is 22.1 Å². The van der Waals surface area contributed by atoms with Crippen molar-refractivity contribution >= 4 is 28.9 Å². The van der Waals surface area contributed by atoms with Crippen molar-refractivity contribution in [1.29, 1.82) is 0 Å². The molecule has 1 aromatic heterocycles. The maximum Gasteiger partial charge on any atom is 0.433 e. The summed E-state index contributed by atoms with van der Waals surface area (Å²) in [7, 11) is 0. The monoisotopic (exact) mass is 344 g/mol. The molecule has 0 aliphatic carbocycles. The van der Waals surface area contributed by atoms with Crippen LogP contribution in [0.4, 0.5) is 18.9 Å². The van der Waals surface area contributed by atoms with Crippen molar-refractivity contribution in [3.8, 4) is 11.8 Å². The summed E-state index contributed by atoms with van der Waals surface area (Å²) in [6.45, 7) is 0.182. The first-order valence-corrected chi connectivity index (χ1v) is 6.83. The summed E-state index contributed by atoms with van der Waals surface area (Å²) < 4.78 is 37.5. The first-order valence-electron chi connectivity index (χ1n) is 6.07. The van der Waals surface area contributed by atoms with Gasteiger partial charge in [-0.15, -0.1) is 0 Å². The SMILES string of the molecule is FC(F)(F)c1cc(NCC#Cc2ccc(Cl)c(Cl)c2)ccn1. The summed E-state index contributed by atoms with van der Waals surface area (Å²) >= 11 is 11.6. The van der Waals surface area contributed by atoms with Crippen molar-refractivity contribution in [3.63, 3.8) is 0 Å². The van der Waals surface area contributed by atoms with Crippen LogP contribution in [0, 0.1) is 11.8 Å². The second-order valence-corrected chi connectivity index (χ2v) is 5.03. The molecule has 0 amide bonds. The molecule has 0 fully saturated rings. The number of hydrogen-bond acceptors (Lipinski definition) is 2. The Morgan fingerprint density at radius 3 is 2.55 bits per heavy atom. The van der Waals surface area contributed by atoms with E-state index in [1.54, 1.807) is 18.2 Å². The van der Waals surface area contributed by atoms with Crippen molar-refractivity contribution in [1.82, 2.24) is 4.98 Å². The highest BCUT2D eigenvalue weighted by molar-refractivity contribution is 6.42. The zero-order chi connectivity index (χ0) is 16.2. The smallest absolute Gasteiger partial charge is 0.374 e. The zero-order valence-electron chi connectivity index (χ0n) is 11.0. The highest BCUT2D eigenvalue weighted by Crippen LogP contribution is 2.28. The Morgan fingerprint density at radius 2 is 1.86 bits per heavy atom. The Hall–Kier alpha value is -1.90. The summed E-state index contributed by atoms with van der Waals surface area (Å²) in [4.78, 5) is 3.28. The Bertz CT molecular complexity index is 734. The molecule has 2 aromatic rings. The Labute approximate surface area is 135 Å². The molecule has 22 heavy (non-hydrogen) atoms. The molecule has 1 aromatic carbocycles. The Balaban J connectivity index is 2.00. The molecule has 0 bridgehead atoms. The van der Waals surface area contributed by atoms with E-state index >= 15 is 0 Å². The van der Waals surface area contributed by atoms with Crippen LogP contribution in [0.15, 0.2) is 36.5 Å². The summed E-state index contributed by atoms with van der Waals surface area (Å²) in [6, 6.07) is 7.32. The largest absolute Gasteiger partial charge is 0.433 e. The van der Waals surface area contributed by atoms with Crippen molar-refractivity contribution in [2.75, 3.05) is 11.9 Å². The van der Waals surface area contributed by atoms with Gasteiger partial charge in [-0.3, -0.25) is 4.98 Å². The summed E-state index contributed by atoms with van der Waals surface area (Å²) in [5.41, 5.74) is 0.0163. The second kappa shape index (κ2) is 6.91. The number of nitrogens with zero attached hydrogens (tertiary/aromatic N) is 1. The topological polar surface area (TPSA) is 24.9 Å². The first kappa shape index (κ1) is 16.5. The summed E-state index contributed by atoms with van der Waals surface area (Å²) in [6.07, 6.45) is -3.37. The minimum atomic E-state index is -4.47. The number of benzene rings is 1. The van der Waals surface area contributed by atoms with Crippen molar-refractivity contribution in [2.24, 2.45) is 0 Å². The van der Waals surface area contributed by atoms with Crippen LogP contribution in [0.1, 0.15) is 11.3 Å². The molecule has 0 unspecified atom stereocenters. The number of alkyl halides is 3. The fourth-order valence-electron chi connectivity index (χ4n) is 1.56. The predicted molar refractivity (Wildman–Crippen MR) is 81.1 cm³/mol. The van der Waals surface area contributed by atoms with Crippen LogP contribution in [0.25, 0.3) is 0 Å². The number of nitrogens with one attached hydrogen (secondary N) is 1.